The van der Waals surface area contributed by atoms with Gasteiger partial charge in [0, 0.05) is 11.1 Å². The summed E-state index contributed by atoms with van der Waals surface area (Å²) in [5.41, 5.74) is 0.939. The fraction of sp³-hybridized carbons (Fsp3) is 0. The molecule has 0 radical (unpaired) electrons. The Morgan fingerprint density at radius 1 is 0.517 bits per heavy atom. The summed E-state index contributed by atoms with van der Waals surface area (Å²) in [7, 11) is 0. The number of para-hydroxylation sites is 2. The van der Waals surface area contributed by atoms with Crippen molar-refractivity contribution >= 4 is 29.7 Å². The molecule has 2 nitrogen and oxygen atoms in total. The Bertz CT molecular complexity index is 1060. The van der Waals surface area contributed by atoms with E-state index in [0.717, 1.165) is 22.3 Å². The molecule has 0 aliphatic carbocycles. The maximum Gasteiger partial charge on any atom is 0.156 e. The number of benzene rings is 4. The lowest BCUT2D eigenvalue weighted by atomic mass is 10.1. The minimum Gasteiger partial charge on any atom is -0.665 e. The van der Waals surface area contributed by atoms with Gasteiger partial charge < -0.3 is 21.3 Å². The van der Waals surface area contributed by atoms with E-state index in [2.05, 4.69) is 0 Å². The van der Waals surface area contributed by atoms with E-state index < -0.39 is 5.69 Å². The highest BCUT2D eigenvalue weighted by Crippen LogP contribution is 2.50. The largest absolute Gasteiger partial charge is 0.665 e. The molecule has 4 aromatic rings. The summed E-state index contributed by atoms with van der Waals surface area (Å²) in [4.78, 5) is 0. The van der Waals surface area contributed by atoms with Crippen molar-refractivity contribution in [2.24, 2.45) is 0 Å². The second-order valence-electron chi connectivity index (χ2n) is 6.35. The van der Waals surface area contributed by atoms with Gasteiger partial charge in [-0.05, 0) is 35.1 Å². The predicted octanol–water partition coefficient (Wildman–Crippen LogP) is 7.25. The lowest BCUT2D eigenvalue weighted by Gasteiger charge is -2.31. The summed E-state index contributed by atoms with van der Waals surface area (Å²) in [6.45, 7) is 0. The van der Waals surface area contributed by atoms with Crippen LogP contribution in [0.4, 0.5) is 0 Å². The Morgan fingerprint density at radius 2 is 0.862 bits per heavy atom. The van der Waals surface area contributed by atoms with E-state index in [4.69, 9.17) is 33.1 Å². The maximum atomic E-state index is 6.10. The van der Waals surface area contributed by atoms with Gasteiger partial charge in [0.15, 0.2) is 5.69 Å². The fourth-order valence-electron chi connectivity index (χ4n) is 3.06. The summed E-state index contributed by atoms with van der Waals surface area (Å²) in [6.07, 6.45) is 0. The molecular formula is C24H18O2PS2-. The smallest absolute Gasteiger partial charge is 0.156 e. The third-order valence-electron chi connectivity index (χ3n) is 4.36. The van der Waals surface area contributed by atoms with Gasteiger partial charge in [-0.2, -0.15) is 0 Å². The second-order valence-corrected chi connectivity index (χ2v) is 11.2. The van der Waals surface area contributed by atoms with E-state index >= 15 is 0 Å². The lowest BCUT2D eigenvalue weighted by molar-refractivity contribution is 0.509. The van der Waals surface area contributed by atoms with Crippen molar-refractivity contribution in [3.8, 4) is 33.8 Å². The summed E-state index contributed by atoms with van der Waals surface area (Å²) in [5, 5.41) is 0. The standard InChI is InChI=1S/C24H19O2PS2/c28-27(29,25-23-17-9-7-15-21(23)19-11-3-1-4-12-19)26-24-18-10-8-16-22(24)20-13-5-2-6-14-20/h1-18H,(H,28,29)/p-1. The Balaban J connectivity index is 1.63. The predicted molar refractivity (Wildman–Crippen MR) is 127 cm³/mol. The van der Waals surface area contributed by atoms with Crippen molar-refractivity contribution < 1.29 is 9.05 Å². The molecule has 0 N–H and O–H groups in total. The van der Waals surface area contributed by atoms with Gasteiger partial charge in [0.05, 0.1) is 0 Å². The van der Waals surface area contributed by atoms with Gasteiger partial charge in [-0.3, -0.25) is 0 Å². The Kier molecular flexibility index (Phi) is 6.05. The van der Waals surface area contributed by atoms with Gasteiger partial charge in [-0.1, -0.05) is 97.1 Å². The van der Waals surface area contributed by atoms with Gasteiger partial charge in [0.1, 0.15) is 11.5 Å². The highest BCUT2D eigenvalue weighted by atomic mass is 32.9. The van der Waals surface area contributed by atoms with Gasteiger partial charge in [0.25, 0.3) is 0 Å². The molecule has 0 spiro atoms. The van der Waals surface area contributed by atoms with Crippen molar-refractivity contribution in [2.75, 3.05) is 0 Å². The van der Waals surface area contributed by atoms with Gasteiger partial charge in [0.2, 0.25) is 0 Å². The third-order valence-corrected chi connectivity index (χ3v) is 6.10. The SMILES string of the molecule is S=P([S-])(Oc1ccccc1-c1ccccc1)Oc1ccccc1-c1ccccc1. The van der Waals surface area contributed by atoms with Crippen molar-refractivity contribution in [2.45, 2.75) is 0 Å². The Morgan fingerprint density at radius 3 is 1.28 bits per heavy atom. The van der Waals surface area contributed by atoms with E-state index in [-0.39, 0.29) is 0 Å². The molecule has 4 aromatic carbocycles. The summed E-state index contributed by atoms with van der Waals surface area (Å²) < 4.78 is 12.2. The lowest BCUT2D eigenvalue weighted by Crippen LogP contribution is -2.00. The summed E-state index contributed by atoms with van der Waals surface area (Å²) in [5.74, 6) is 1.27. The van der Waals surface area contributed by atoms with E-state index in [1.54, 1.807) is 0 Å². The fourth-order valence-corrected chi connectivity index (χ4v) is 4.87. The molecule has 0 saturated heterocycles. The first-order valence-corrected chi connectivity index (χ1v) is 12.8. The zero-order valence-corrected chi connectivity index (χ0v) is 18.0. The average molecular weight is 434 g/mol. The van der Waals surface area contributed by atoms with Crippen LogP contribution in [0.1, 0.15) is 0 Å². The highest BCUT2D eigenvalue weighted by Gasteiger charge is 2.14. The van der Waals surface area contributed by atoms with Crippen LogP contribution in [-0.4, -0.2) is 0 Å². The van der Waals surface area contributed by atoms with Crippen LogP contribution in [0.15, 0.2) is 109 Å². The first-order chi connectivity index (χ1) is 14.1. The van der Waals surface area contributed by atoms with E-state index in [9.17, 15) is 0 Å². The first kappa shape index (κ1) is 19.8. The van der Waals surface area contributed by atoms with Gasteiger partial charge in [-0.25, -0.2) is 0 Å². The average Bonchev–Trinajstić information content (AvgIpc) is 2.75. The van der Waals surface area contributed by atoms with Crippen LogP contribution >= 0.6 is 5.69 Å². The first-order valence-electron chi connectivity index (χ1n) is 9.11. The minimum absolute atomic E-state index is 0.634. The molecule has 0 heterocycles. The van der Waals surface area contributed by atoms with Crippen LogP contribution in [-0.2, 0) is 24.1 Å². The van der Waals surface area contributed by atoms with Crippen LogP contribution < -0.4 is 9.05 Å². The molecule has 0 aromatic heterocycles. The molecule has 0 aliphatic rings. The molecular weight excluding hydrogens is 415 g/mol. The van der Waals surface area contributed by atoms with Crippen LogP contribution in [0.25, 0.3) is 22.3 Å². The van der Waals surface area contributed by atoms with Crippen molar-refractivity contribution in [1.82, 2.24) is 0 Å². The third kappa shape index (κ3) is 4.91. The Labute approximate surface area is 181 Å². The van der Waals surface area contributed by atoms with Crippen LogP contribution in [0.5, 0.6) is 11.5 Å². The van der Waals surface area contributed by atoms with Crippen molar-refractivity contribution in [3.05, 3.63) is 109 Å². The molecule has 0 unspecified atom stereocenters. The topological polar surface area (TPSA) is 18.5 Å². The molecule has 0 amide bonds. The van der Waals surface area contributed by atoms with Crippen molar-refractivity contribution in [1.29, 1.82) is 0 Å². The minimum atomic E-state index is -3.01. The maximum absolute atomic E-state index is 6.10. The molecule has 29 heavy (non-hydrogen) atoms. The highest BCUT2D eigenvalue weighted by molar-refractivity contribution is 8.51. The quantitative estimate of drug-likeness (QED) is 0.235. The molecule has 0 aliphatic heterocycles. The summed E-state index contributed by atoms with van der Waals surface area (Å²) in [6, 6.07) is 35.5. The number of hydrogen-bond donors (Lipinski definition) is 0. The van der Waals surface area contributed by atoms with Crippen LogP contribution in [0.2, 0.25) is 0 Å². The van der Waals surface area contributed by atoms with E-state index in [1.165, 1.54) is 0 Å². The monoisotopic (exact) mass is 433 g/mol. The summed E-state index contributed by atoms with van der Waals surface area (Å²) >= 11 is 11.2. The number of hydrogen-bond acceptors (Lipinski definition) is 4. The molecule has 144 valence electrons. The molecule has 0 fully saturated rings. The van der Waals surface area contributed by atoms with Crippen molar-refractivity contribution in [3.63, 3.8) is 0 Å². The van der Waals surface area contributed by atoms with Gasteiger partial charge in [-0.15, -0.1) is 0 Å². The normalized spacial score (nSPS) is 11.1. The zero-order chi connectivity index (χ0) is 20.1. The molecule has 0 saturated carbocycles. The Hall–Kier alpha value is -2.52. The van der Waals surface area contributed by atoms with Gasteiger partial charge >= 0.3 is 0 Å². The van der Waals surface area contributed by atoms with Crippen LogP contribution in [0, 0.1) is 0 Å². The molecule has 4 rings (SSSR count). The number of rotatable bonds is 6. The van der Waals surface area contributed by atoms with Crippen LogP contribution in [0.3, 0.4) is 0 Å². The second kappa shape index (κ2) is 8.87. The molecule has 5 heteroatoms. The van der Waals surface area contributed by atoms with E-state index in [1.807, 2.05) is 109 Å². The molecule has 0 atom stereocenters. The zero-order valence-electron chi connectivity index (χ0n) is 15.5. The molecule has 0 bridgehead atoms. The van der Waals surface area contributed by atoms with E-state index in [0.29, 0.717) is 11.5 Å².